The van der Waals surface area contributed by atoms with Gasteiger partial charge in [-0.15, -0.1) is 11.8 Å². The summed E-state index contributed by atoms with van der Waals surface area (Å²) in [5.74, 6) is -0.658. The minimum atomic E-state index is -1.04. The van der Waals surface area contributed by atoms with Crippen LogP contribution in [0.4, 0.5) is 5.69 Å². The highest BCUT2D eigenvalue weighted by molar-refractivity contribution is 7.98. The molecular formula is C24H22Cl2N2O3S. The Morgan fingerprint density at radius 3 is 2.47 bits per heavy atom. The molecule has 166 valence electrons. The van der Waals surface area contributed by atoms with Gasteiger partial charge in [-0.1, -0.05) is 34.8 Å². The van der Waals surface area contributed by atoms with Gasteiger partial charge < -0.3 is 15.7 Å². The third-order valence-electron chi connectivity index (χ3n) is 4.72. The van der Waals surface area contributed by atoms with E-state index in [1.165, 1.54) is 0 Å². The molecule has 3 N–H and O–H groups in total. The van der Waals surface area contributed by atoms with E-state index >= 15 is 0 Å². The number of amides is 1. The molecule has 3 rings (SSSR count). The Hall–Kier alpha value is -2.67. The van der Waals surface area contributed by atoms with Gasteiger partial charge in [-0.3, -0.25) is 4.79 Å². The van der Waals surface area contributed by atoms with E-state index < -0.39 is 5.97 Å². The number of carboxylic acids is 1. The zero-order chi connectivity index (χ0) is 23.4. The number of rotatable bonds is 7. The molecule has 1 amide bonds. The van der Waals surface area contributed by atoms with Crippen LogP contribution in [0.2, 0.25) is 10.0 Å². The zero-order valence-corrected chi connectivity index (χ0v) is 20.1. The largest absolute Gasteiger partial charge is 0.478 e. The average molecular weight is 489 g/mol. The Labute approximate surface area is 201 Å². The Morgan fingerprint density at radius 1 is 1.16 bits per heavy atom. The van der Waals surface area contributed by atoms with Gasteiger partial charge in [0.1, 0.15) is 0 Å². The first kappa shape index (κ1) is 24.0. The topological polar surface area (TPSA) is 78.4 Å². The molecule has 0 aliphatic carbocycles. The number of anilines is 1. The van der Waals surface area contributed by atoms with Gasteiger partial charge in [0.2, 0.25) is 0 Å². The van der Waals surface area contributed by atoms with E-state index in [9.17, 15) is 9.59 Å². The van der Waals surface area contributed by atoms with Gasteiger partial charge in [-0.05, 0) is 62.7 Å². The van der Waals surface area contributed by atoms with E-state index in [2.05, 4.69) is 10.6 Å². The van der Waals surface area contributed by atoms with Crippen LogP contribution >= 0.6 is 35.0 Å². The first-order chi connectivity index (χ1) is 15.2. The molecule has 5 nitrogen and oxygen atoms in total. The molecular weight excluding hydrogens is 467 g/mol. The number of halogens is 2. The van der Waals surface area contributed by atoms with Crippen molar-refractivity contribution in [1.29, 1.82) is 0 Å². The van der Waals surface area contributed by atoms with E-state index in [1.807, 2.05) is 50.2 Å². The number of carboxylic acid groups (broad SMARTS) is 1. The molecule has 0 aromatic heterocycles. The fourth-order valence-electron chi connectivity index (χ4n) is 3.11. The van der Waals surface area contributed by atoms with Gasteiger partial charge in [0.15, 0.2) is 0 Å². The number of aliphatic carboxylic acids is 1. The molecule has 0 unspecified atom stereocenters. The minimum Gasteiger partial charge on any atom is -0.478 e. The summed E-state index contributed by atoms with van der Waals surface area (Å²) in [6, 6.07) is 11.2. The molecule has 1 aliphatic heterocycles. The lowest BCUT2D eigenvalue weighted by atomic mass is 10.0. The second kappa shape index (κ2) is 10.3. The Kier molecular flexibility index (Phi) is 7.72. The van der Waals surface area contributed by atoms with Crippen molar-refractivity contribution in [2.24, 2.45) is 0 Å². The van der Waals surface area contributed by atoms with Crippen LogP contribution in [-0.2, 0) is 15.3 Å². The van der Waals surface area contributed by atoms with Crippen molar-refractivity contribution in [3.05, 3.63) is 86.7 Å². The van der Waals surface area contributed by atoms with Gasteiger partial charge in [0.05, 0.1) is 5.57 Å². The number of thioether (sulfide) groups is 1. The number of carbonyl (C=O) groups excluding carboxylic acids is 1. The summed E-state index contributed by atoms with van der Waals surface area (Å²) in [6.07, 6.45) is 2.83. The predicted octanol–water partition coefficient (Wildman–Crippen LogP) is 6.49. The van der Waals surface area contributed by atoms with Crippen molar-refractivity contribution in [2.75, 3.05) is 5.32 Å². The second-order valence-electron chi connectivity index (χ2n) is 7.41. The van der Waals surface area contributed by atoms with E-state index in [4.69, 9.17) is 28.3 Å². The van der Waals surface area contributed by atoms with Gasteiger partial charge in [0.25, 0.3) is 5.91 Å². The first-order valence-electron chi connectivity index (χ1n) is 9.74. The molecule has 2 aromatic carbocycles. The number of carbonyl (C=O) groups is 2. The molecule has 0 saturated heterocycles. The SMILES string of the molecule is CC(C)=C(/C=C1\C(=O)Nc2ccc(SCc3c(Cl)cccc3Cl)cc21)N/C(C)=C/C(=O)O. The molecule has 0 atom stereocenters. The smallest absolute Gasteiger partial charge is 0.330 e. The summed E-state index contributed by atoms with van der Waals surface area (Å²) in [4.78, 5) is 24.6. The maximum Gasteiger partial charge on any atom is 0.330 e. The van der Waals surface area contributed by atoms with E-state index in [-0.39, 0.29) is 5.91 Å². The molecule has 0 bridgehead atoms. The molecule has 8 heteroatoms. The second-order valence-corrected chi connectivity index (χ2v) is 9.28. The molecule has 0 radical (unpaired) electrons. The van der Waals surface area contributed by atoms with Gasteiger partial charge in [-0.25, -0.2) is 4.79 Å². The highest BCUT2D eigenvalue weighted by Gasteiger charge is 2.25. The fraction of sp³-hybridized carbons (Fsp3) is 0.167. The maximum absolute atomic E-state index is 12.7. The van der Waals surface area contributed by atoms with Gasteiger partial charge in [0, 0.05) is 49.4 Å². The molecule has 2 aromatic rings. The third-order valence-corrected chi connectivity index (χ3v) is 6.45. The van der Waals surface area contributed by atoms with Crippen LogP contribution in [-0.4, -0.2) is 17.0 Å². The number of nitrogens with one attached hydrogen (secondary N) is 2. The monoisotopic (exact) mass is 488 g/mol. The van der Waals surface area contributed by atoms with E-state index in [0.717, 1.165) is 33.4 Å². The summed E-state index contributed by atoms with van der Waals surface area (Å²) in [6.45, 7) is 5.44. The summed E-state index contributed by atoms with van der Waals surface area (Å²) in [5.41, 5.74) is 4.92. The number of hydrogen-bond acceptors (Lipinski definition) is 4. The lowest BCUT2D eigenvalue weighted by Crippen LogP contribution is -2.13. The molecule has 0 saturated carbocycles. The maximum atomic E-state index is 12.7. The average Bonchev–Trinajstić information content (AvgIpc) is 3.01. The van der Waals surface area contributed by atoms with Crippen molar-refractivity contribution in [3.63, 3.8) is 0 Å². The molecule has 32 heavy (non-hydrogen) atoms. The number of benzene rings is 2. The van der Waals surface area contributed by atoms with Crippen LogP contribution in [0.1, 0.15) is 31.9 Å². The molecule has 0 spiro atoms. The highest BCUT2D eigenvalue weighted by Crippen LogP contribution is 2.38. The normalized spacial score (nSPS) is 14.2. The van der Waals surface area contributed by atoms with Crippen LogP contribution in [0.15, 0.2) is 70.4 Å². The van der Waals surface area contributed by atoms with Crippen LogP contribution in [0.25, 0.3) is 5.57 Å². The highest BCUT2D eigenvalue weighted by atomic mass is 35.5. The van der Waals surface area contributed by atoms with Crippen molar-refractivity contribution in [2.45, 2.75) is 31.4 Å². The van der Waals surface area contributed by atoms with Crippen LogP contribution < -0.4 is 10.6 Å². The van der Waals surface area contributed by atoms with Crippen molar-refractivity contribution in [1.82, 2.24) is 5.32 Å². The van der Waals surface area contributed by atoms with E-state index in [1.54, 1.807) is 24.8 Å². The van der Waals surface area contributed by atoms with E-state index in [0.29, 0.717) is 32.8 Å². The molecule has 0 fully saturated rings. The number of fused-ring (bicyclic) bond motifs is 1. The summed E-state index contributed by atoms with van der Waals surface area (Å²) in [5, 5.41) is 16.1. The predicted molar refractivity (Wildman–Crippen MR) is 132 cm³/mol. The summed E-state index contributed by atoms with van der Waals surface area (Å²) < 4.78 is 0. The van der Waals surface area contributed by atoms with Crippen LogP contribution in [0, 0.1) is 0 Å². The number of hydrogen-bond donors (Lipinski definition) is 3. The quantitative estimate of drug-likeness (QED) is 0.306. The number of allylic oxidation sites excluding steroid dienone is 3. The van der Waals surface area contributed by atoms with Crippen molar-refractivity contribution < 1.29 is 14.7 Å². The van der Waals surface area contributed by atoms with Crippen LogP contribution in [0.3, 0.4) is 0 Å². The fourth-order valence-corrected chi connectivity index (χ4v) is 4.79. The lowest BCUT2D eigenvalue weighted by Gasteiger charge is -2.11. The molecule has 1 aliphatic rings. The Bertz CT molecular complexity index is 1160. The lowest BCUT2D eigenvalue weighted by molar-refractivity contribution is -0.131. The summed E-state index contributed by atoms with van der Waals surface area (Å²) in [7, 11) is 0. The first-order valence-corrected chi connectivity index (χ1v) is 11.5. The summed E-state index contributed by atoms with van der Waals surface area (Å²) >= 11 is 14.1. The van der Waals surface area contributed by atoms with Crippen molar-refractivity contribution >= 4 is 58.1 Å². The Balaban J connectivity index is 1.89. The standard InChI is InChI=1S/C24H22Cl2N2O3S/c1-13(2)22(27-14(3)9-23(29)30)11-17-16-10-15(7-8-21(16)28-24(17)31)32-12-18-19(25)5-4-6-20(18)26/h4-11,27H,12H2,1-3H3,(H,28,31)(H,29,30)/b14-9+,17-11-. The zero-order valence-electron chi connectivity index (χ0n) is 17.8. The third kappa shape index (κ3) is 5.76. The van der Waals surface area contributed by atoms with Crippen molar-refractivity contribution in [3.8, 4) is 0 Å². The minimum absolute atomic E-state index is 0.211. The van der Waals surface area contributed by atoms with Gasteiger partial charge in [-0.2, -0.15) is 0 Å². The van der Waals surface area contributed by atoms with Gasteiger partial charge >= 0.3 is 5.97 Å². The Morgan fingerprint density at radius 2 is 1.84 bits per heavy atom. The van der Waals surface area contributed by atoms with Crippen LogP contribution in [0.5, 0.6) is 0 Å². The molecule has 1 heterocycles.